The molecule has 0 aliphatic carbocycles. The summed E-state index contributed by atoms with van der Waals surface area (Å²) in [5, 5.41) is 0. The Morgan fingerprint density at radius 2 is 1.73 bits per heavy atom. The number of aromatic nitrogens is 2. The van der Waals surface area contributed by atoms with E-state index in [4.69, 9.17) is 10.5 Å². The molecular weight excluding hydrogens is 280 g/mol. The molecule has 0 bridgehead atoms. The van der Waals surface area contributed by atoms with Gasteiger partial charge in [-0.3, -0.25) is 0 Å². The molecule has 0 radical (unpaired) electrons. The maximum absolute atomic E-state index is 6.08. The van der Waals surface area contributed by atoms with Crippen molar-refractivity contribution >= 4 is 17.6 Å². The summed E-state index contributed by atoms with van der Waals surface area (Å²) in [6, 6.07) is 0. The lowest BCUT2D eigenvalue weighted by molar-refractivity contribution is 0.211. The van der Waals surface area contributed by atoms with Gasteiger partial charge in [0.1, 0.15) is 6.61 Å². The zero-order chi connectivity index (χ0) is 15.7. The van der Waals surface area contributed by atoms with E-state index in [1.807, 2.05) is 0 Å². The topological polar surface area (TPSA) is 93.5 Å². The molecule has 4 heterocycles. The van der Waals surface area contributed by atoms with Crippen LogP contribution in [-0.2, 0) is 0 Å². The van der Waals surface area contributed by atoms with Gasteiger partial charge in [-0.1, -0.05) is 0 Å². The summed E-state index contributed by atoms with van der Waals surface area (Å²) < 4.78 is 6.08. The van der Waals surface area contributed by atoms with Crippen LogP contribution in [-0.4, -0.2) is 48.8 Å². The molecule has 3 aliphatic rings. The normalized spacial score (nSPS) is 26.0. The Bertz CT molecular complexity index is 545. The van der Waals surface area contributed by atoms with Crippen LogP contribution in [0.2, 0.25) is 0 Å². The fraction of sp³-hybridized carbons (Fsp3) is 0.733. The number of hydrogen-bond donors (Lipinski definition) is 2. The predicted octanol–water partition coefficient (Wildman–Crippen LogP) is 0.985. The minimum Gasteiger partial charge on any atom is -0.484 e. The Kier molecular flexibility index (Phi) is 3.99. The van der Waals surface area contributed by atoms with Crippen molar-refractivity contribution in [2.24, 2.45) is 5.73 Å². The third-order valence-corrected chi connectivity index (χ3v) is 4.78. The molecule has 0 amide bonds. The van der Waals surface area contributed by atoms with Crippen LogP contribution in [0.15, 0.2) is 0 Å². The second-order valence-electron chi connectivity index (χ2n) is 6.29. The molecule has 1 unspecified atom stereocenters. The van der Waals surface area contributed by atoms with Gasteiger partial charge in [-0.05, 0) is 39.7 Å². The average molecular weight is 306 g/mol. The van der Waals surface area contributed by atoms with Gasteiger partial charge < -0.3 is 26.0 Å². The average Bonchev–Trinajstić information content (AvgIpc) is 3.17. The number of nitrogens with zero attached hydrogens (tertiary/aromatic N) is 4. The van der Waals surface area contributed by atoms with Gasteiger partial charge in [0.25, 0.3) is 0 Å². The molecule has 3 aliphatic heterocycles. The molecule has 0 aromatic carbocycles. The monoisotopic (exact) mass is 306 g/mol. The highest BCUT2D eigenvalue weighted by Crippen LogP contribution is 2.46. The molecule has 0 saturated carbocycles. The van der Waals surface area contributed by atoms with Gasteiger partial charge in [-0.25, -0.2) is 0 Å². The first-order valence-electron chi connectivity index (χ1n) is 8.08. The van der Waals surface area contributed by atoms with Gasteiger partial charge in [0.05, 0.1) is 5.54 Å². The highest BCUT2D eigenvalue weighted by Gasteiger charge is 2.44. The maximum atomic E-state index is 6.08. The summed E-state index contributed by atoms with van der Waals surface area (Å²) in [5.74, 6) is 2.97. The van der Waals surface area contributed by atoms with Crippen molar-refractivity contribution in [2.75, 3.05) is 48.8 Å². The molecule has 1 aromatic rings. The van der Waals surface area contributed by atoms with E-state index < -0.39 is 0 Å². The van der Waals surface area contributed by atoms with E-state index in [0.29, 0.717) is 12.6 Å². The standard InChI is InChI=1S/C14H21N5O.CH5N/c1-14-5-4-8-19(14)12-10(20-9-14)11(16-13(15)17-12)18-6-2-3-7-18;1-2/h2-9H2,1H3,(H2,15,16,17);2H2,1H3. The highest BCUT2D eigenvalue weighted by molar-refractivity contribution is 5.71. The molecule has 122 valence electrons. The first-order valence-corrected chi connectivity index (χ1v) is 8.08. The van der Waals surface area contributed by atoms with Crippen LogP contribution in [0.4, 0.5) is 17.6 Å². The lowest BCUT2D eigenvalue weighted by Gasteiger charge is -2.41. The highest BCUT2D eigenvalue weighted by atomic mass is 16.5. The SMILES string of the molecule is CC12CCCN1c1nc(N)nc(N3CCCC3)c1OC2.CN. The molecular formula is C15H26N6O. The maximum Gasteiger partial charge on any atom is 0.224 e. The smallest absolute Gasteiger partial charge is 0.224 e. The van der Waals surface area contributed by atoms with E-state index in [-0.39, 0.29) is 5.54 Å². The number of nitrogens with two attached hydrogens (primary N) is 2. The van der Waals surface area contributed by atoms with Gasteiger partial charge in [0.2, 0.25) is 11.7 Å². The van der Waals surface area contributed by atoms with Crippen LogP contribution in [0.5, 0.6) is 5.75 Å². The Morgan fingerprint density at radius 3 is 2.45 bits per heavy atom. The van der Waals surface area contributed by atoms with Crippen molar-refractivity contribution in [2.45, 2.75) is 38.1 Å². The molecule has 4 rings (SSSR count). The van der Waals surface area contributed by atoms with Gasteiger partial charge >= 0.3 is 0 Å². The van der Waals surface area contributed by atoms with E-state index in [1.54, 1.807) is 0 Å². The van der Waals surface area contributed by atoms with Crippen molar-refractivity contribution in [1.29, 1.82) is 0 Å². The summed E-state index contributed by atoms with van der Waals surface area (Å²) >= 11 is 0. The fourth-order valence-electron chi connectivity index (χ4n) is 3.66. The number of anilines is 3. The Hall–Kier alpha value is -1.76. The molecule has 4 N–H and O–H groups in total. The zero-order valence-electron chi connectivity index (χ0n) is 13.5. The Balaban J connectivity index is 0.000000693. The minimum atomic E-state index is 0.0655. The third-order valence-electron chi connectivity index (χ3n) is 4.78. The summed E-state index contributed by atoms with van der Waals surface area (Å²) in [7, 11) is 1.50. The van der Waals surface area contributed by atoms with Crippen LogP contribution in [0.1, 0.15) is 32.6 Å². The van der Waals surface area contributed by atoms with Crippen molar-refractivity contribution < 1.29 is 4.74 Å². The first-order chi connectivity index (χ1) is 10.7. The van der Waals surface area contributed by atoms with Crippen molar-refractivity contribution in [3.05, 3.63) is 0 Å². The second-order valence-corrected chi connectivity index (χ2v) is 6.29. The zero-order valence-corrected chi connectivity index (χ0v) is 13.5. The minimum absolute atomic E-state index is 0.0655. The summed E-state index contributed by atoms with van der Waals surface area (Å²) in [6.45, 7) is 6.06. The van der Waals surface area contributed by atoms with Crippen LogP contribution in [0.25, 0.3) is 0 Å². The molecule has 2 fully saturated rings. The predicted molar refractivity (Wildman–Crippen MR) is 88.5 cm³/mol. The molecule has 7 heteroatoms. The Morgan fingerprint density at radius 1 is 1.05 bits per heavy atom. The molecule has 2 saturated heterocycles. The van der Waals surface area contributed by atoms with Gasteiger partial charge in [-0.2, -0.15) is 9.97 Å². The number of rotatable bonds is 1. The van der Waals surface area contributed by atoms with E-state index in [1.165, 1.54) is 26.3 Å². The number of hydrogen-bond acceptors (Lipinski definition) is 7. The second kappa shape index (κ2) is 5.79. The summed E-state index contributed by atoms with van der Waals surface area (Å²) in [4.78, 5) is 13.6. The largest absolute Gasteiger partial charge is 0.484 e. The summed E-state index contributed by atoms with van der Waals surface area (Å²) in [5.41, 5.74) is 10.5. The quantitative estimate of drug-likeness (QED) is 0.799. The van der Waals surface area contributed by atoms with E-state index in [2.05, 4.69) is 32.4 Å². The number of fused-ring (bicyclic) bond motifs is 3. The van der Waals surface area contributed by atoms with Crippen molar-refractivity contribution in [3.63, 3.8) is 0 Å². The van der Waals surface area contributed by atoms with Crippen LogP contribution >= 0.6 is 0 Å². The molecule has 7 nitrogen and oxygen atoms in total. The van der Waals surface area contributed by atoms with Gasteiger partial charge in [0.15, 0.2) is 11.6 Å². The van der Waals surface area contributed by atoms with E-state index in [0.717, 1.165) is 43.4 Å². The van der Waals surface area contributed by atoms with Gasteiger partial charge in [0, 0.05) is 19.6 Å². The van der Waals surface area contributed by atoms with Crippen molar-refractivity contribution in [1.82, 2.24) is 9.97 Å². The van der Waals surface area contributed by atoms with Gasteiger partial charge in [-0.15, -0.1) is 0 Å². The summed E-state index contributed by atoms with van der Waals surface area (Å²) in [6.07, 6.45) is 4.75. The molecule has 0 spiro atoms. The van der Waals surface area contributed by atoms with Crippen LogP contribution in [0, 0.1) is 0 Å². The lowest BCUT2D eigenvalue weighted by atomic mass is 9.99. The number of ether oxygens (including phenoxy) is 1. The lowest BCUT2D eigenvalue weighted by Crippen LogP contribution is -2.50. The third kappa shape index (κ3) is 2.33. The first kappa shape index (κ1) is 15.1. The van der Waals surface area contributed by atoms with E-state index in [9.17, 15) is 0 Å². The van der Waals surface area contributed by atoms with Crippen LogP contribution in [0.3, 0.4) is 0 Å². The molecule has 22 heavy (non-hydrogen) atoms. The van der Waals surface area contributed by atoms with Crippen LogP contribution < -0.4 is 26.0 Å². The Labute approximate surface area is 131 Å². The van der Waals surface area contributed by atoms with E-state index >= 15 is 0 Å². The molecule has 1 aromatic heterocycles. The fourth-order valence-corrected chi connectivity index (χ4v) is 3.66. The number of nitrogen functional groups attached to an aromatic ring is 1. The van der Waals surface area contributed by atoms with Crippen molar-refractivity contribution in [3.8, 4) is 5.75 Å². The molecule has 1 atom stereocenters.